The molecule has 1 unspecified atom stereocenters. The second-order valence-electron chi connectivity index (χ2n) is 4.46. The van der Waals surface area contributed by atoms with E-state index < -0.39 is 0 Å². The molecule has 0 saturated carbocycles. The standard InChI is InChI=1S/C14H16N2O/c1-2-4-12(5-3-1)10-16-8-7-15-14(16)13-6-9-17-11-13/h1-5,7-8,13H,6,9-11H2. The van der Waals surface area contributed by atoms with Crippen molar-refractivity contribution >= 4 is 0 Å². The van der Waals surface area contributed by atoms with Crippen molar-refractivity contribution in [2.24, 2.45) is 0 Å². The van der Waals surface area contributed by atoms with Crippen LogP contribution in [0.25, 0.3) is 0 Å². The van der Waals surface area contributed by atoms with Crippen molar-refractivity contribution in [1.82, 2.24) is 9.55 Å². The van der Waals surface area contributed by atoms with Gasteiger partial charge in [0.15, 0.2) is 0 Å². The zero-order valence-electron chi connectivity index (χ0n) is 9.75. The molecular formula is C14H16N2O. The lowest BCUT2D eigenvalue weighted by atomic mass is 10.1. The van der Waals surface area contributed by atoms with Crippen molar-refractivity contribution in [3.05, 3.63) is 54.1 Å². The Labute approximate surface area is 101 Å². The molecule has 1 saturated heterocycles. The molecule has 1 aliphatic rings. The van der Waals surface area contributed by atoms with Crippen LogP contribution in [0.1, 0.15) is 23.7 Å². The van der Waals surface area contributed by atoms with Gasteiger partial charge in [-0.15, -0.1) is 0 Å². The molecule has 3 rings (SSSR count). The van der Waals surface area contributed by atoms with Gasteiger partial charge >= 0.3 is 0 Å². The minimum Gasteiger partial charge on any atom is -0.381 e. The van der Waals surface area contributed by atoms with Gasteiger partial charge in [0.25, 0.3) is 0 Å². The Kier molecular flexibility index (Phi) is 2.92. The number of nitrogens with zero attached hydrogens (tertiary/aromatic N) is 2. The average molecular weight is 228 g/mol. The van der Waals surface area contributed by atoms with Crippen LogP contribution in [0.5, 0.6) is 0 Å². The third kappa shape index (κ3) is 2.24. The van der Waals surface area contributed by atoms with Gasteiger partial charge in [0.1, 0.15) is 5.82 Å². The smallest absolute Gasteiger partial charge is 0.114 e. The van der Waals surface area contributed by atoms with Crippen molar-refractivity contribution in [2.75, 3.05) is 13.2 Å². The third-order valence-electron chi connectivity index (χ3n) is 3.24. The maximum atomic E-state index is 5.43. The normalized spacial score (nSPS) is 19.6. The van der Waals surface area contributed by atoms with Crippen LogP contribution in [0, 0.1) is 0 Å². The molecule has 1 atom stereocenters. The molecule has 0 aliphatic carbocycles. The van der Waals surface area contributed by atoms with Crippen molar-refractivity contribution in [2.45, 2.75) is 18.9 Å². The molecule has 2 heterocycles. The molecule has 1 fully saturated rings. The summed E-state index contributed by atoms with van der Waals surface area (Å²) >= 11 is 0. The number of hydrogen-bond donors (Lipinski definition) is 0. The van der Waals surface area contributed by atoms with Crippen LogP contribution in [-0.4, -0.2) is 22.8 Å². The molecule has 1 aliphatic heterocycles. The van der Waals surface area contributed by atoms with E-state index >= 15 is 0 Å². The lowest BCUT2D eigenvalue weighted by Crippen LogP contribution is -2.09. The van der Waals surface area contributed by atoms with Crippen molar-refractivity contribution in [3.8, 4) is 0 Å². The predicted molar refractivity (Wildman–Crippen MR) is 65.9 cm³/mol. The molecule has 0 N–H and O–H groups in total. The third-order valence-corrected chi connectivity index (χ3v) is 3.24. The van der Waals surface area contributed by atoms with Gasteiger partial charge in [-0.2, -0.15) is 0 Å². The van der Waals surface area contributed by atoms with Crippen LogP contribution >= 0.6 is 0 Å². The number of benzene rings is 1. The van der Waals surface area contributed by atoms with Crippen molar-refractivity contribution in [1.29, 1.82) is 0 Å². The highest BCUT2D eigenvalue weighted by Gasteiger charge is 2.21. The predicted octanol–water partition coefficient (Wildman–Crippen LogP) is 2.44. The van der Waals surface area contributed by atoms with E-state index in [1.807, 2.05) is 12.3 Å². The first-order valence-electron chi connectivity index (χ1n) is 6.06. The number of aromatic nitrogens is 2. The largest absolute Gasteiger partial charge is 0.381 e. The number of imidazole rings is 1. The lowest BCUT2D eigenvalue weighted by molar-refractivity contribution is 0.192. The molecule has 17 heavy (non-hydrogen) atoms. The maximum Gasteiger partial charge on any atom is 0.114 e. The first-order chi connectivity index (χ1) is 8.43. The van der Waals surface area contributed by atoms with Crippen LogP contribution in [0.3, 0.4) is 0 Å². The molecule has 2 aromatic rings. The van der Waals surface area contributed by atoms with E-state index in [0.717, 1.165) is 32.0 Å². The summed E-state index contributed by atoms with van der Waals surface area (Å²) in [5, 5.41) is 0. The van der Waals surface area contributed by atoms with Crippen LogP contribution in [-0.2, 0) is 11.3 Å². The summed E-state index contributed by atoms with van der Waals surface area (Å²) in [5.74, 6) is 1.63. The molecule has 0 amide bonds. The molecule has 88 valence electrons. The fourth-order valence-electron chi connectivity index (χ4n) is 2.33. The Morgan fingerprint density at radius 1 is 1.29 bits per heavy atom. The van der Waals surface area contributed by atoms with Crippen LogP contribution in [0.4, 0.5) is 0 Å². The zero-order chi connectivity index (χ0) is 11.5. The number of hydrogen-bond acceptors (Lipinski definition) is 2. The minimum absolute atomic E-state index is 0.466. The van der Waals surface area contributed by atoms with Crippen LogP contribution < -0.4 is 0 Å². The van der Waals surface area contributed by atoms with Gasteiger partial charge in [-0.3, -0.25) is 0 Å². The fraction of sp³-hybridized carbons (Fsp3) is 0.357. The van der Waals surface area contributed by atoms with E-state index in [1.54, 1.807) is 0 Å². The Morgan fingerprint density at radius 3 is 2.94 bits per heavy atom. The minimum atomic E-state index is 0.466. The SMILES string of the molecule is c1ccc(Cn2ccnc2C2CCOC2)cc1. The van der Waals surface area contributed by atoms with E-state index in [0.29, 0.717) is 5.92 Å². The van der Waals surface area contributed by atoms with Gasteiger partial charge in [0.05, 0.1) is 6.61 Å². The molecule has 0 spiro atoms. The van der Waals surface area contributed by atoms with Gasteiger partial charge < -0.3 is 9.30 Å². The van der Waals surface area contributed by atoms with Gasteiger partial charge in [0.2, 0.25) is 0 Å². The second kappa shape index (κ2) is 4.72. The van der Waals surface area contributed by atoms with Gasteiger partial charge in [-0.05, 0) is 12.0 Å². The lowest BCUT2D eigenvalue weighted by Gasteiger charge is -2.11. The van der Waals surface area contributed by atoms with Gasteiger partial charge in [-0.1, -0.05) is 30.3 Å². The van der Waals surface area contributed by atoms with E-state index in [-0.39, 0.29) is 0 Å². The maximum absolute atomic E-state index is 5.43. The zero-order valence-corrected chi connectivity index (χ0v) is 9.75. The van der Waals surface area contributed by atoms with Crippen LogP contribution in [0.15, 0.2) is 42.7 Å². The summed E-state index contributed by atoms with van der Waals surface area (Å²) in [5.41, 5.74) is 1.31. The molecule has 3 nitrogen and oxygen atoms in total. The molecule has 3 heteroatoms. The summed E-state index contributed by atoms with van der Waals surface area (Å²) < 4.78 is 7.66. The van der Waals surface area contributed by atoms with E-state index in [1.165, 1.54) is 5.56 Å². The summed E-state index contributed by atoms with van der Waals surface area (Å²) in [7, 11) is 0. The molecule has 1 aromatic carbocycles. The monoisotopic (exact) mass is 228 g/mol. The van der Waals surface area contributed by atoms with Gasteiger partial charge in [-0.25, -0.2) is 4.98 Å². The Hall–Kier alpha value is -1.61. The highest BCUT2D eigenvalue weighted by Crippen LogP contribution is 2.24. The van der Waals surface area contributed by atoms with Crippen molar-refractivity contribution < 1.29 is 4.74 Å². The highest BCUT2D eigenvalue weighted by atomic mass is 16.5. The Bertz CT molecular complexity index is 472. The topological polar surface area (TPSA) is 27.1 Å². The summed E-state index contributed by atoms with van der Waals surface area (Å²) in [6.07, 6.45) is 5.03. The van der Waals surface area contributed by atoms with E-state index in [2.05, 4.69) is 40.0 Å². The molecule has 0 bridgehead atoms. The highest BCUT2D eigenvalue weighted by molar-refractivity contribution is 5.16. The summed E-state index contributed by atoms with van der Waals surface area (Å²) in [6, 6.07) is 10.5. The van der Waals surface area contributed by atoms with E-state index in [4.69, 9.17) is 4.74 Å². The quantitative estimate of drug-likeness (QED) is 0.806. The number of ether oxygens (including phenoxy) is 1. The first-order valence-corrected chi connectivity index (χ1v) is 6.06. The number of rotatable bonds is 3. The molecular weight excluding hydrogens is 212 g/mol. The van der Waals surface area contributed by atoms with Crippen molar-refractivity contribution in [3.63, 3.8) is 0 Å². The fourth-order valence-corrected chi connectivity index (χ4v) is 2.33. The molecule has 1 aromatic heterocycles. The Balaban J connectivity index is 1.81. The average Bonchev–Trinajstić information content (AvgIpc) is 3.00. The van der Waals surface area contributed by atoms with Crippen LogP contribution in [0.2, 0.25) is 0 Å². The summed E-state index contributed by atoms with van der Waals surface area (Å²) in [4.78, 5) is 4.48. The van der Waals surface area contributed by atoms with E-state index in [9.17, 15) is 0 Å². The van der Waals surface area contributed by atoms with Gasteiger partial charge in [0, 0.05) is 31.5 Å². The summed E-state index contributed by atoms with van der Waals surface area (Å²) in [6.45, 7) is 2.57. The second-order valence-corrected chi connectivity index (χ2v) is 4.46. The first kappa shape index (κ1) is 10.5. The molecule has 0 radical (unpaired) electrons. The Morgan fingerprint density at radius 2 is 2.18 bits per heavy atom.